The highest BCUT2D eigenvalue weighted by atomic mass is 19.1. The highest BCUT2D eigenvalue weighted by molar-refractivity contribution is 5.97. The molecule has 0 heterocycles. The van der Waals surface area contributed by atoms with E-state index in [0.717, 1.165) is 18.4 Å². The van der Waals surface area contributed by atoms with Gasteiger partial charge in [-0.1, -0.05) is 60.7 Å². The molecule has 1 aliphatic rings. The molecule has 0 bridgehead atoms. The van der Waals surface area contributed by atoms with Crippen LogP contribution in [0.5, 0.6) is 5.75 Å². The summed E-state index contributed by atoms with van der Waals surface area (Å²) < 4.78 is 19.9. The smallest absolute Gasteiger partial charge is 0.247 e. The minimum absolute atomic E-state index is 0.0131. The van der Waals surface area contributed by atoms with E-state index in [2.05, 4.69) is 17.5 Å². The third-order valence-electron chi connectivity index (χ3n) is 6.54. The van der Waals surface area contributed by atoms with Gasteiger partial charge in [-0.2, -0.15) is 0 Å². The fraction of sp³-hybridized carbons (Fsp3) is 0.267. The molecule has 0 saturated heterocycles. The van der Waals surface area contributed by atoms with Gasteiger partial charge in [-0.25, -0.2) is 4.39 Å². The van der Waals surface area contributed by atoms with E-state index in [9.17, 15) is 14.0 Å². The van der Waals surface area contributed by atoms with Crippen molar-refractivity contribution in [2.45, 2.75) is 38.3 Å². The van der Waals surface area contributed by atoms with Crippen LogP contribution in [0.15, 0.2) is 91.0 Å². The van der Waals surface area contributed by atoms with E-state index in [1.165, 1.54) is 6.07 Å². The number of carbonyl (C=O) groups is 2. The van der Waals surface area contributed by atoms with Crippen LogP contribution in [-0.4, -0.2) is 29.9 Å². The standard InChI is InChI=1S/C30H31FN2O3/c1-36-26-18-16-25(17-19-26)32-30(35)29(23-12-6-3-7-13-23)33(21-24-14-8-9-15-27(24)31)28(34)20-22-10-4-2-5-11-22/h2-6,8-11,14-19,23,29H,7,12-13,20-21H2,1H3,(H,32,35). The van der Waals surface area contributed by atoms with Crippen molar-refractivity contribution in [2.24, 2.45) is 5.92 Å². The summed E-state index contributed by atoms with van der Waals surface area (Å²) in [6.45, 7) is 0.0131. The summed E-state index contributed by atoms with van der Waals surface area (Å²) >= 11 is 0. The Bertz CT molecular complexity index is 1190. The maximum absolute atomic E-state index is 14.7. The second kappa shape index (κ2) is 12.2. The Morgan fingerprint density at radius 2 is 1.72 bits per heavy atom. The van der Waals surface area contributed by atoms with Crippen LogP contribution in [0.4, 0.5) is 10.1 Å². The van der Waals surface area contributed by atoms with Crippen molar-refractivity contribution in [2.75, 3.05) is 12.4 Å². The Labute approximate surface area is 211 Å². The average Bonchev–Trinajstić information content (AvgIpc) is 2.91. The molecule has 4 rings (SSSR count). The van der Waals surface area contributed by atoms with Gasteiger partial charge in [0.15, 0.2) is 0 Å². The second-order valence-electron chi connectivity index (χ2n) is 8.98. The number of halogens is 1. The summed E-state index contributed by atoms with van der Waals surface area (Å²) in [6, 6.07) is 22.1. The van der Waals surface area contributed by atoms with Crippen LogP contribution in [0, 0.1) is 11.7 Å². The lowest BCUT2D eigenvalue weighted by Crippen LogP contribution is -2.51. The number of methoxy groups -OCH3 is 1. The Balaban J connectivity index is 1.68. The molecule has 2 unspecified atom stereocenters. The van der Waals surface area contributed by atoms with E-state index in [-0.39, 0.29) is 30.7 Å². The van der Waals surface area contributed by atoms with Crippen molar-refractivity contribution < 1.29 is 18.7 Å². The molecule has 6 heteroatoms. The summed E-state index contributed by atoms with van der Waals surface area (Å²) in [5, 5.41) is 2.98. The largest absolute Gasteiger partial charge is 0.497 e. The number of amides is 2. The molecule has 0 spiro atoms. The van der Waals surface area contributed by atoms with E-state index in [4.69, 9.17) is 4.74 Å². The molecule has 0 saturated carbocycles. The first kappa shape index (κ1) is 25.2. The molecule has 5 nitrogen and oxygen atoms in total. The minimum atomic E-state index is -0.757. The first-order valence-corrected chi connectivity index (χ1v) is 12.2. The molecular weight excluding hydrogens is 455 g/mol. The van der Waals surface area contributed by atoms with Gasteiger partial charge in [0.1, 0.15) is 17.6 Å². The highest BCUT2D eigenvalue weighted by Crippen LogP contribution is 2.29. The van der Waals surface area contributed by atoms with Crippen molar-refractivity contribution >= 4 is 17.5 Å². The molecule has 3 aromatic rings. The Kier molecular flexibility index (Phi) is 8.50. The van der Waals surface area contributed by atoms with Gasteiger partial charge in [0.25, 0.3) is 0 Å². The first-order valence-electron chi connectivity index (χ1n) is 12.2. The molecule has 1 aliphatic carbocycles. The SMILES string of the molecule is COc1ccc(NC(=O)C(C2CC=CCC2)N(Cc2ccccc2F)C(=O)Cc2ccccc2)cc1. The molecule has 3 aromatic carbocycles. The van der Waals surface area contributed by atoms with Crippen LogP contribution in [0.25, 0.3) is 0 Å². The maximum atomic E-state index is 14.7. The Morgan fingerprint density at radius 3 is 2.39 bits per heavy atom. The lowest BCUT2D eigenvalue weighted by Gasteiger charge is -2.37. The maximum Gasteiger partial charge on any atom is 0.247 e. The summed E-state index contributed by atoms with van der Waals surface area (Å²) in [4.78, 5) is 29.1. The summed E-state index contributed by atoms with van der Waals surface area (Å²) in [5.41, 5.74) is 1.84. The Morgan fingerprint density at radius 1 is 1.00 bits per heavy atom. The number of hydrogen-bond acceptors (Lipinski definition) is 3. The zero-order chi connectivity index (χ0) is 25.3. The quantitative estimate of drug-likeness (QED) is 0.391. The monoisotopic (exact) mass is 486 g/mol. The number of nitrogens with zero attached hydrogens (tertiary/aromatic N) is 1. The molecule has 0 fully saturated rings. The number of anilines is 1. The fourth-order valence-electron chi connectivity index (χ4n) is 4.63. The van der Waals surface area contributed by atoms with E-state index in [1.54, 1.807) is 54.5 Å². The van der Waals surface area contributed by atoms with Gasteiger partial charge in [-0.05, 0) is 61.1 Å². The van der Waals surface area contributed by atoms with Gasteiger partial charge in [-0.3, -0.25) is 9.59 Å². The van der Waals surface area contributed by atoms with Crippen LogP contribution < -0.4 is 10.1 Å². The molecular formula is C30H31FN2O3. The van der Waals surface area contributed by atoms with Gasteiger partial charge in [0.05, 0.1) is 13.5 Å². The van der Waals surface area contributed by atoms with Crippen LogP contribution in [0.2, 0.25) is 0 Å². The van der Waals surface area contributed by atoms with Crippen LogP contribution in [0.1, 0.15) is 30.4 Å². The van der Waals surface area contributed by atoms with Gasteiger partial charge in [0.2, 0.25) is 11.8 Å². The van der Waals surface area contributed by atoms with Gasteiger partial charge in [0, 0.05) is 17.8 Å². The normalized spacial score (nSPS) is 15.7. The number of ether oxygens (including phenoxy) is 1. The highest BCUT2D eigenvalue weighted by Gasteiger charge is 2.37. The van der Waals surface area contributed by atoms with Crippen molar-refractivity contribution in [3.8, 4) is 5.75 Å². The van der Waals surface area contributed by atoms with E-state index in [1.807, 2.05) is 30.3 Å². The van der Waals surface area contributed by atoms with Crippen LogP contribution in [0.3, 0.4) is 0 Å². The summed E-state index contributed by atoms with van der Waals surface area (Å²) in [5.74, 6) is -0.291. The first-order chi connectivity index (χ1) is 17.5. The number of carbonyl (C=O) groups excluding carboxylic acids is 2. The van der Waals surface area contributed by atoms with Crippen LogP contribution in [-0.2, 0) is 22.6 Å². The average molecular weight is 487 g/mol. The molecule has 0 radical (unpaired) electrons. The van der Waals surface area contributed by atoms with Gasteiger partial charge in [-0.15, -0.1) is 0 Å². The van der Waals surface area contributed by atoms with E-state index in [0.29, 0.717) is 23.4 Å². The third-order valence-corrected chi connectivity index (χ3v) is 6.54. The number of hydrogen-bond donors (Lipinski definition) is 1. The van der Waals surface area contributed by atoms with E-state index < -0.39 is 11.9 Å². The van der Waals surface area contributed by atoms with Crippen molar-refractivity contribution in [3.63, 3.8) is 0 Å². The zero-order valence-electron chi connectivity index (χ0n) is 20.4. The fourth-order valence-corrected chi connectivity index (χ4v) is 4.63. The molecule has 2 amide bonds. The number of allylic oxidation sites excluding steroid dienone is 2. The number of nitrogens with one attached hydrogen (secondary N) is 1. The summed E-state index contributed by atoms with van der Waals surface area (Å²) in [7, 11) is 1.58. The number of rotatable bonds is 9. The topological polar surface area (TPSA) is 58.6 Å². The number of benzene rings is 3. The van der Waals surface area contributed by atoms with Crippen molar-refractivity contribution in [1.29, 1.82) is 0 Å². The van der Waals surface area contributed by atoms with Crippen molar-refractivity contribution in [3.05, 3.63) is 108 Å². The van der Waals surface area contributed by atoms with Gasteiger partial charge < -0.3 is 15.0 Å². The molecule has 2 atom stereocenters. The lowest BCUT2D eigenvalue weighted by molar-refractivity contribution is -0.141. The lowest BCUT2D eigenvalue weighted by atomic mass is 9.85. The molecule has 1 N–H and O–H groups in total. The summed E-state index contributed by atoms with van der Waals surface area (Å²) in [6.07, 6.45) is 6.56. The predicted octanol–water partition coefficient (Wildman–Crippen LogP) is 5.77. The third kappa shape index (κ3) is 6.39. The minimum Gasteiger partial charge on any atom is -0.497 e. The molecule has 186 valence electrons. The van der Waals surface area contributed by atoms with Crippen molar-refractivity contribution in [1.82, 2.24) is 4.90 Å². The molecule has 0 aromatic heterocycles. The molecule has 0 aliphatic heterocycles. The molecule has 36 heavy (non-hydrogen) atoms. The second-order valence-corrected chi connectivity index (χ2v) is 8.98. The zero-order valence-corrected chi connectivity index (χ0v) is 20.4. The van der Waals surface area contributed by atoms with Crippen LogP contribution >= 0.6 is 0 Å². The van der Waals surface area contributed by atoms with Gasteiger partial charge >= 0.3 is 0 Å². The Hall–Kier alpha value is -3.93. The predicted molar refractivity (Wildman–Crippen MR) is 139 cm³/mol. The van der Waals surface area contributed by atoms with E-state index >= 15 is 0 Å².